The van der Waals surface area contributed by atoms with Crippen molar-refractivity contribution in [1.29, 1.82) is 0 Å². The molecule has 0 spiro atoms. The zero-order valence-electron chi connectivity index (χ0n) is 8.95. The van der Waals surface area contributed by atoms with Gasteiger partial charge in [0.25, 0.3) is 0 Å². The topological polar surface area (TPSA) is 38.0 Å². The minimum absolute atomic E-state index is 0.758. The highest BCUT2D eigenvalue weighted by atomic mass is 16.2. The van der Waals surface area contributed by atoms with E-state index in [4.69, 9.17) is 5.11 Å². The van der Waals surface area contributed by atoms with Crippen molar-refractivity contribution in [3.05, 3.63) is 66.5 Å². The van der Waals surface area contributed by atoms with Crippen LogP contribution in [0, 0.1) is 0 Å². The van der Waals surface area contributed by atoms with E-state index in [-0.39, 0.29) is 0 Å². The molecule has 0 aliphatic rings. The second-order valence-corrected chi connectivity index (χ2v) is 3.64. The van der Waals surface area contributed by atoms with Gasteiger partial charge in [-0.25, -0.2) is 4.98 Å². The van der Waals surface area contributed by atoms with Crippen molar-refractivity contribution in [2.24, 2.45) is 0 Å². The second kappa shape index (κ2) is 5.16. The van der Waals surface area contributed by atoms with Crippen LogP contribution in [0.4, 0.5) is 0 Å². The van der Waals surface area contributed by atoms with Crippen LogP contribution in [0.3, 0.4) is 0 Å². The molecule has 0 amide bonds. The summed E-state index contributed by atoms with van der Waals surface area (Å²) >= 11 is 0. The first-order valence-electron chi connectivity index (χ1n) is 5.21. The van der Waals surface area contributed by atoms with Crippen LogP contribution in [0.15, 0.2) is 55.3 Å². The molecule has 0 saturated heterocycles. The minimum Gasteiger partial charge on any atom is -0.516 e. The van der Waals surface area contributed by atoms with E-state index in [0.717, 1.165) is 19.2 Å². The molecule has 3 nitrogen and oxygen atoms in total. The summed E-state index contributed by atoms with van der Waals surface area (Å²) < 4.78 is 2.03. The Balaban J connectivity index is 2.10. The number of nitrogens with zero attached hydrogens (tertiary/aromatic N) is 2. The average molecular weight is 214 g/mol. The van der Waals surface area contributed by atoms with Crippen molar-refractivity contribution < 1.29 is 5.11 Å². The number of benzene rings is 1. The van der Waals surface area contributed by atoms with E-state index >= 15 is 0 Å². The minimum atomic E-state index is 0.758. The zero-order valence-corrected chi connectivity index (χ0v) is 8.95. The van der Waals surface area contributed by atoms with Crippen LogP contribution in [0.2, 0.25) is 0 Å². The molecule has 1 N–H and O–H groups in total. The summed E-state index contributed by atoms with van der Waals surface area (Å²) in [7, 11) is 0. The Kier molecular flexibility index (Phi) is 3.38. The molecule has 1 heterocycles. The molecule has 0 unspecified atom stereocenters. The van der Waals surface area contributed by atoms with Gasteiger partial charge in [-0.1, -0.05) is 24.3 Å². The van der Waals surface area contributed by atoms with Gasteiger partial charge >= 0.3 is 0 Å². The van der Waals surface area contributed by atoms with Gasteiger partial charge in [0.2, 0.25) is 0 Å². The number of imidazole rings is 1. The van der Waals surface area contributed by atoms with Crippen LogP contribution in [-0.4, -0.2) is 14.7 Å². The van der Waals surface area contributed by atoms with Gasteiger partial charge in [0.15, 0.2) is 0 Å². The molecule has 1 aromatic carbocycles. The smallest absolute Gasteiger partial charge is 0.0949 e. The van der Waals surface area contributed by atoms with Gasteiger partial charge in [-0.15, -0.1) is 0 Å². The third kappa shape index (κ3) is 2.73. The second-order valence-electron chi connectivity index (χ2n) is 3.64. The summed E-state index contributed by atoms with van der Waals surface area (Å²) in [6.45, 7) is 0.830. The van der Waals surface area contributed by atoms with E-state index in [1.54, 1.807) is 18.6 Å². The lowest BCUT2D eigenvalue weighted by molar-refractivity contribution is 0.471. The first-order valence-corrected chi connectivity index (χ1v) is 5.21. The first kappa shape index (κ1) is 10.5. The lowest BCUT2D eigenvalue weighted by atomic mass is 10.1. The van der Waals surface area contributed by atoms with E-state index in [1.165, 1.54) is 11.1 Å². The number of aromatic nitrogens is 2. The van der Waals surface area contributed by atoms with E-state index in [1.807, 2.05) is 16.8 Å². The van der Waals surface area contributed by atoms with Crippen LogP contribution < -0.4 is 0 Å². The molecular formula is C13H14N2O. The Bertz CT molecular complexity index is 461. The zero-order chi connectivity index (χ0) is 11.2. The van der Waals surface area contributed by atoms with Crippen LogP contribution in [-0.2, 0) is 13.0 Å². The van der Waals surface area contributed by atoms with Gasteiger partial charge in [-0.05, 0) is 23.6 Å². The third-order valence-electron chi connectivity index (χ3n) is 2.37. The average Bonchev–Trinajstić information content (AvgIpc) is 2.80. The normalized spacial score (nSPS) is 11.0. The number of rotatable bonds is 4. The number of allylic oxidation sites excluding steroid dienone is 1. The molecule has 82 valence electrons. The van der Waals surface area contributed by atoms with Gasteiger partial charge in [-0.3, -0.25) is 0 Å². The Morgan fingerprint density at radius 2 is 2.19 bits per heavy atom. The van der Waals surface area contributed by atoms with Crippen molar-refractivity contribution in [3.63, 3.8) is 0 Å². The first-order chi connectivity index (χ1) is 7.88. The standard InChI is InChI=1S/C13H14N2O/c16-8-2-5-12-3-1-4-13(9-12)10-15-7-6-14-11-15/h1-4,6-9,11,16H,5,10H2. The SMILES string of the molecule is OC=CCc1cccc(Cn2ccnc2)c1. The molecule has 0 aliphatic carbocycles. The largest absolute Gasteiger partial charge is 0.516 e. The Hall–Kier alpha value is -2.03. The van der Waals surface area contributed by atoms with E-state index in [2.05, 4.69) is 23.2 Å². The fraction of sp³-hybridized carbons (Fsp3) is 0.154. The van der Waals surface area contributed by atoms with Gasteiger partial charge in [0, 0.05) is 18.9 Å². The molecule has 16 heavy (non-hydrogen) atoms. The number of hydrogen-bond donors (Lipinski definition) is 1. The van der Waals surface area contributed by atoms with Crippen molar-refractivity contribution in [1.82, 2.24) is 9.55 Å². The third-order valence-corrected chi connectivity index (χ3v) is 2.37. The molecule has 3 heteroatoms. The summed E-state index contributed by atoms with van der Waals surface area (Å²) in [6, 6.07) is 8.32. The van der Waals surface area contributed by atoms with Crippen molar-refractivity contribution in [3.8, 4) is 0 Å². The molecule has 0 bridgehead atoms. The molecule has 1 aromatic heterocycles. The van der Waals surface area contributed by atoms with Gasteiger partial charge < -0.3 is 9.67 Å². The van der Waals surface area contributed by atoms with Crippen molar-refractivity contribution in [2.45, 2.75) is 13.0 Å². The highest BCUT2D eigenvalue weighted by Crippen LogP contribution is 2.08. The van der Waals surface area contributed by atoms with Crippen LogP contribution >= 0.6 is 0 Å². The maximum atomic E-state index is 8.61. The Labute approximate surface area is 94.7 Å². The summed E-state index contributed by atoms with van der Waals surface area (Å²) in [5.74, 6) is 0. The summed E-state index contributed by atoms with van der Waals surface area (Å²) in [5, 5.41) is 8.61. The number of aliphatic hydroxyl groups excluding tert-OH is 1. The lowest BCUT2D eigenvalue weighted by Crippen LogP contribution is -1.96. The van der Waals surface area contributed by atoms with E-state index < -0.39 is 0 Å². The van der Waals surface area contributed by atoms with Crippen LogP contribution in [0.25, 0.3) is 0 Å². The fourth-order valence-corrected chi connectivity index (χ4v) is 1.63. The molecule has 0 fully saturated rings. The van der Waals surface area contributed by atoms with Gasteiger partial charge in [0.1, 0.15) is 0 Å². The van der Waals surface area contributed by atoms with Crippen molar-refractivity contribution >= 4 is 0 Å². The Morgan fingerprint density at radius 3 is 2.94 bits per heavy atom. The Morgan fingerprint density at radius 1 is 1.31 bits per heavy atom. The monoisotopic (exact) mass is 214 g/mol. The van der Waals surface area contributed by atoms with Crippen LogP contribution in [0.1, 0.15) is 11.1 Å². The molecule has 0 atom stereocenters. The molecule has 0 saturated carbocycles. The summed E-state index contributed by atoms with van der Waals surface area (Å²) in [5.41, 5.74) is 2.43. The van der Waals surface area contributed by atoms with Gasteiger partial charge in [-0.2, -0.15) is 0 Å². The van der Waals surface area contributed by atoms with Crippen molar-refractivity contribution in [2.75, 3.05) is 0 Å². The highest BCUT2D eigenvalue weighted by Gasteiger charge is 1.96. The predicted molar refractivity (Wildman–Crippen MR) is 63.2 cm³/mol. The fourth-order valence-electron chi connectivity index (χ4n) is 1.63. The maximum absolute atomic E-state index is 8.61. The summed E-state index contributed by atoms with van der Waals surface area (Å²) in [6.07, 6.45) is 9.10. The van der Waals surface area contributed by atoms with E-state index in [9.17, 15) is 0 Å². The van der Waals surface area contributed by atoms with Gasteiger partial charge in [0.05, 0.1) is 12.6 Å². The highest BCUT2D eigenvalue weighted by molar-refractivity contribution is 5.25. The summed E-state index contributed by atoms with van der Waals surface area (Å²) in [4.78, 5) is 4.01. The quantitative estimate of drug-likeness (QED) is 0.794. The van der Waals surface area contributed by atoms with E-state index in [0.29, 0.717) is 0 Å². The molecule has 0 radical (unpaired) electrons. The lowest BCUT2D eigenvalue weighted by Gasteiger charge is -2.04. The number of aliphatic hydroxyl groups is 1. The van der Waals surface area contributed by atoms with Crippen LogP contribution in [0.5, 0.6) is 0 Å². The molecule has 2 rings (SSSR count). The molecule has 0 aliphatic heterocycles. The number of hydrogen-bond acceptors (Lipinski definition) is 2. The molecule has 2 aromatic rings. The predicted octanol–water partition coefficient (Wildman–Crippen LogP) is 2.55. The maximum Gasteiger partial charge on any atom is 0.0949 e. The molecular weight excluding hydrogens is 200 g/mol.